The minimum atomic E-state index is -0.0387. The lowest BCUT2D eigenvalue weighted by molar-refractivity contribution is -0.113. The van der Waals surface area contributed by atoms with Crippen molar-refractivity contribution in [3.63, 3.8) is 0 Å². The summed E-state index contributed by atoms with van der Waals surface area (Å²) in [5, 5.41) is 3.59. The molecular weight excluding hydrogens is 282 g/mol. The van der Waals surface area contributed by atoms with Crippen LogP contribution >= 0.6 is 11.8 Å². The zero-order chi connectivity index (χ0) is 15.1. The molecule has 1 amide bonds. The maximum atomic E-state index is 12.1. The average Bonchev–Trinajstić information content (AvgIpc) is 2.54. The molecule has 1 atom stereocenters. The first-order valence-corrected chi connectivity index (χ1v) is 7.98. The van der Waals surface area contributed by atoms with Crippen molar-refractivity contribution in [1.82, 2.24) is 9.97 Å². The maximum absolute atomic E-state index is 12.1. The van der Waals surface area contributed by atoms with Crippen LogP contribution in [-0.4, -0.2) is 21.6 Å². The summed E-state index contributed by atoms with van der Waals surface area (Å²) in [6.45, 7) is 4.31. The SMILES string of the molecule is CCC(C)c1ccccc1NC(=O)CSc1ncccn1. The number of anilines is 1. The number of para-hydroxylation sites is 1. The van der Waals surface area contributed by atoms with Gasteiger partial charge in [0.2, 0.25) is 5.91 Å². The van der Waals surface area contributed by atoms with Gasteiger partial charge in [-0.3, -0.25) is 4.79 Å². The van der Waals surface area contributed by atoms with Gasteiger partial charge in [0.1, 0.15) is 0 Å². The van der Waals surface area contributed by atoms with Gasteiger partial charge < -0.3 is 5.32 Å². The second kappa shape index (κ2) is 7.78. The lowest BCUT2D eigenvalue weighted by atomic mass is 9.97. The molecule has 5 heteroatoms. The summed E-state index contributed by atoms with van der Waals surface area (Å²) in [5.74, 6) is 0.689. The maximum Gasteiger partial charge on any atom is 0.234 e. The molecule has 1 heterocycles. The highest BCUT2D eigenvalue weighted by Gasteiger charge is 2.11. The van der Waals surface area contributed by atoms with Crippen LogP contribution in [0.2, 0.25) is 0 Å². The molecule has 1 aromatic heterocycles. The zero-order valence-corrected chi connectivity index (χ0v) is 13.1. The minimum Gasteiger partial charge on any atom is -0.325 e. The Bertz CT molecular complexity index is 589. The van der Waals surface area contributed by atoms with E-state index in [4.69, 9.17) is 0 Å². The van der Waals surface area contributed by atoms with Crippen LogP contribution in [0.5, 0.6) is 0 Å². The molecule has 0 aliphatic carbocycles. The summed E-state index contributed by atoms with van der Waals surface area (Å²) in [6, 6.07) is 9.71. The predicted octanol–water partition coefficient (Wildman–Crippen LogP) is 3.72. The van der Waals surface area contributed by atoms with Crippen LogP contribution in [0.25, 0.3) is 0 Å². The molecule has 0 fully saturated rings. The monoisotopic (exact) mass is 301 g/mol. The standard InChI is InChI=1S/C16H19N3OS/c1-3-12(2)13-7-4-5-8-14(13)19-15(20)11-21-16-17-9-6-10-18-16/h4-10,12H,3,11H2,1-2H3,(H,19,20). The summed E-state index contributed by atoms with van der Waals surface area (Å²) in [5.41, 5.74) is 2.07. The van der Waals surface area contributed by atoms with Crippen LogP contribution in [-0.2, 0) is 4.79 Å². The van der Waals surface area contributed by atoms with Gasteiger partial charge in [-0.1, -0.05) is 43.8 Å². The molecule has 0 radical (unpaired) electrons. The van der Waals surface area contributed by atoms with Crippen molar-refractivity contribution in [3.8, 4) is 0 Å². The number of thioether (sulfide) groups is 1. The number of nitrogens with zero attached hydrogens (tertiary/aromatic N) is 2. The predicted molar refractivity (Wildman–Crippen MR) is 86.5 cm³/mol. The highest BCUT2D eigenvalue weighted by Crippen LogP contribution is 2.26. The fourth-order valence-corrected chi connectivity index (χ4v) is 2.54. The number of hydrogen-bond acceptors (Lipinski definition) is 4. The molecule has 110 valence electrons. The van der Waals surface area contributed by atoms with E-state index in [1.807, 2.05) is 18.2 Å². The number of amides is 1. The Labute approximate surface area is 129 Å². The van der Waals surface area contributed by atoms with Crippen LogP contribution in [0.4, 0.5) is 5.69 Å². The van der Waals surface area contributed by atoms with E-state index in [1.165, 1.54) is 17.3 Å². The largest absolute Gasteiger partial charge is 0.325 e. The van der Waals surface area contributed by atoms with Crippen molar-refractivity contribution < 1.29 is 4.79 Å². The molecule has 0 aliphatic rings. The molecular formula is C16H19N3OS. The Hall–Kier alpha value is -1.88. The molecule has 21 heavy (non-hydrogen) atoms. The van der Waals surface area contributed by atoms with E-state index in [9.17, 15) is 4.79 Å². The van der Waals surface area contributed by atoms with Gasteiger partial charge in [-0.25, -0.2) is 9.97 Å². The average molecular weight is 301 g/mol. The van der Waals surface area contributed by atoms with Gasteiger partial charge in [0.15, 0.2) is 5.16 Å². The molecule has 0 saturated heterocycles. The zero-order valence-electron chi connectivity index (χ0n) is 12.2. The van der Waals surface area contributed by atoms with Gasteiger partial charge in [-0.05, 0) is 30.0 Å². The number of aromatic nitrogens is 2. The van der Waals surface area contributed by atoms with Crippen LogP contribution in [0, 0.1) is 0 Å². The van der Waals surface area contributed by atoms with Gasteiger partial charge in [0.05, 0.1) is 5.75 Å². The number of rotatable bonds is 6. The fourth-order valence-electron chi connectivity index (χ4n) is 1.94. The number of carbonyl (C=O) groups excluding carboxylic acids is 1. The number of carbonyl (C=O) groups is 1. The first-order chi connectivity index (χ1) is 10.2. The molecule has 1 N–H and O–H groups in total. The van der Waals surface area contributed by atoms with Gasteiger partial charge in [-0.2, -0.15) is 0 Å². The normalized spacial score (nSPS) is 11.9. The van der Waals surface area contributed by atoms with Crippen molar-refractivity contribution in [2.45, 2.75) is 31.3 Å². The number of hydrogen-bond donors (Lipinski definition) is 1. The second-order valence-corrected chi connectivity index (χ2v) is 5.71. The summed E-state index contributed by atoms with van der Waals surface area (Å²) in [6.07, 6.45) is 4.39. The van der Waals surface area contributed by atoms with E-state index in [0.29, 0.717) is 16.8 Å². The first-order valence-electron chi connectivity index (χ1n) is 6.99. The van der Waals surface area contributed by atoms with Gasteiger partial charge in [-0.15, -0.1) is 0 Å². The lowest BCUT2D eigenvalue weighted by Crippen LogP contribution is -2.16. The van der Waals surface area contributed by atoms with Crippen LogP contribution < -0.4 is 5.32 Å². The van der Waals surface area contributed by atoms with E-state index in [-0.39, 0.29) is 5.91 Å². The molecule has 0 saturated carbocycles. The van der Waals surface area contributed by atoms with E-state index in [0.717, 1.165) is 12.1 Å². The van der Waals surface area contributed by atoms with Gasteiger partial charge >= 0.3 is 0 Å². The molecule has 2 aromatic rings. The highest BCUT2D eigenvalue weighted by molar-refractivity contribution is 7.99. The lowest BCUT2D eigenvalue weighted by Gasteiger charge is -2.15. The first kappa shape index (κ1) is 15.5. The molecule has 0 aliphatic heterocycles. The Kier molecular flexibility index (Phi) is 5.75. The Morgan fingerprint density at radius 2 is 1.95 bits per heavy atom. The van der Waals surface area contributed by atoms with Crippen molar-refractivity contribution in [2.24, 2.45) is 0 Å². The van der Waals surface area contributed by atoms with Gasteiger partial charge in [0.25, 0.3) is 0 Å². The quantitative estimate of drug-likeness (QED) is 0.652. The van der Waals surface area contributed by atoms with Crippen molar-refractivity contribution in [1.29, 1.82) is 0 Å². The van der Waals surface area contributed by atoms with Gasteiger partial charge in [0, 0.05) is 18.1 Å². The third-order valence-electron chi connectivity index (χ3n) is 3.25. The van der Waals surface area contributed by atoms with Crippen molar-refractivity contribution in [3.05, 3.63) is 48.3 Å². The highest BCUT2D eigenvalue weighted by atomic mass is 32.2. The fraction of sp³-hybridized carbons (Fsp3) is 0.312. The van der Waals surface area contributed by atoms with E-state index >= 15 is 0 Å². The molecule has 2 rings (SSSR count). The molecule has 4 nitrogen and oxygen atoms in total. The molecule has 1 unspecified atom stereocenters. The Balaban J connectivity index is 1.97. The van der Waals surface area contributed by atoms with E-state index in [1.54, 1.807) is 18.5 Å². The van der Waals surface area contributed by atoms with Crippen LogP contribution in [0.1, 0.15) is 31.7 Å². The topological polar surface area (TPSA) is 54.9 Å². The van der Waals surface area contributed by atoms with Crippen molar-refractivity contribution in [2.75, 3.05) is 11.1 Å². The molecule has 1 aromatic carbocycles. The van der Waals surface area contributed by atoms with E-state index < -0.39 is 0 Å². The summed E-state index contributed by atoms with van der Waals surface area (Å²) < 4.78 is 0. The Morgan fingerprint density at radius 3 is 2.67 bits per heavy atom. The minimum absolute atomic E-state index is 0.0387. The van der Waals surface area contributed by atoms with Crippen molar-refractivity contribution >= 4 is 23.4 Å². The summed E-state index contributed by atoms with van der Waals surface area (Å²) >= 11 is 1.33. The smallest absolute Gasteiger partial charge is 0.234 e. The van der Waals surface area contributed by atoms with Crippen LogP contribution in [0.3, 0.4) is 0 Å². The molecule has 0 spiro atoms. The summed E-state index contributed by atoms with van der Waals surface area (Å²) in [4.78, 5) is 20.2. The third kappa shape index (κ3) is 4.56. The van der Waals surface area contributed by atoms with E-state index in [2.05, 4.69) is 35.2 Å². The second-order valence-electron chi connectivity index (χ2n) is 4.76. The Morgan fingerprint density at radius 1 is 1.24 bits per heavy atom. The number of benzene rings is 1. The number of nitrogens with one attached hydrogen (secondary N) is 1. The molecule has 0 bridgehead atoms. The van der Waals surface area contributed by atoms with Crippen LogP contribution in [0.15, 0.2) is 47.9 Å². The summed E-state index contributed by atoms with van der Waals surface area (Å²) in [7, 11) is 0. The third-order valence-corrected chi connectivity index (χ3v) is 4.13.